The molecular weight excluding hydrogens is 336 g/mol. The first kappa shape index (κ1) is 15.8. The summed E-state index contributed by atoms with van der Waals surface area (Å²) >= 11 is 3.14. The zero-order valence-electron chi connectivity index (χ0n) is 12.1. The number of anilines is 1. The molecule has 1 aliphatic rings. The fraction of sp³-hybridized carbons (Fsp3) is 0.286. The number of rotatable bonds is 3. The molecular formula is C14H14N4O3S2. The van der Waals surface area contributed by atoms with Gasteiger partial charge in [-0.05, 0) is 0 Å². The second-order valence-corrected chi connectivity index (χ2v) is 6.96. The van der Waals surface area contributed by atoms with Gasteiger partial charge in [-0.1, -0.05) is 12.1 Å². The third-order valence-electron chi connectivity index (χ3n) is 3.37. The van der Waals surface area contributed by atoms with Gasteiger partial charge in [0.1, 0.15) is 0 Å². The summed E-state index contributed by atoms with van der Waals surface area (Å²) in [6.45, 7) is 1.47. The van der Waals surface area contributed by atoms with Crippen LogP contribution in [0.25, 0.3) is 11.3 Å². The third kappa shape index (κ3) is 3.80. The molecule has 1 saturated heterocycles. The number of carbonyl (C=O) groups excluding carboxylic acids is 1. The van der Waals surface area contributed by atoms with Crippen molar-refractivity contribution in [1.29, 1.82) is 0 Å². The van der Waals surface area contributed by atoms with Gasteiger partial charge in [-0.15, -0.1) is 11.3 Å². The van der Waals surface area contributed by atoms with E-state index in [2.05, 4.69) is 10.3 Å². The Kier molecular flexibility index (Phi) is 4.77. The van der Waals surface area contributed by atoms with Gasteiger partial charge in [-0.3, -0.25) is 15.4 Å². The number of thioether (sulfide) groups is 1. The van der Waals surface area contributed by atoms with Crippen LogP contribution in [-0.4, -0.2) is 45.4 Å². The average molecular weight is 350 g/mol. The number of aromatic nitrogens is 1. The largest absolute Gasteiger partial charge is 0.323 e. The molecule has 2 heterocycles. The predicted molar refractivity (Wildman–Crippen MR) is 92.1 cm³/mol. The number of carbonyl (C=O) groups is 1. The molecule has 2 amide bonds. The van der Waals surface area contributed by atoms with Crippen LogP contribution in [0.5, 0.6) is 0 Å². The van der Waals surface area contributed by atoms with Gasteiger partial charge < -0.3 is 4.90 Å². The summed E-state index contributed by atoms with van der Waals surface area (Å²) in [7, 11) is 0. The van der Waals surface area contributed by atoms with Crippen molar-refractivity contribution in [3.05, 3.63) is 39.8 Å². The van der Waals surface area contributed by atoms with E-state index in [-0.39, 0.29) is 11.7 Å². The maximum absolute atomic E-state index is 12.1. The zero-order valence-corrected chi connectivity index (χ0v) is 13.7. The highest BCUT2D eigenvalue weighted by Gasteiger charge is 2.18. The number of amides is 2. The van der Waals surface area contributed by atoms with Crippen molar-refractivity contribution < 1.29 is 9.72 Å². The van der Waals surface area contributed by atoms with Crippen LogP contribution in [0, 0.1) is 10.1 Å². The van der Waals surface area contributed by atoms with Crippen LogP contribution in [0.3, 0.4) is 0 Å². The molecule has 2 aromatic rings. The van der Waals surface area contributed by atoms with Crippen LogP contribution in [0.4, 0.5) is 15.6 Å². The first-order valence-electron chi connectivity index (χ1n) is 6.97. The lowest BCUT2D eigenvalue weighted by Gasteiger charge is -2.25. The van der Waals surface area contributed by atoms with Crippen LogP contribution in [0.1, 0.15) is 0 Å². The lowest BCUT2D eigenvalue weighted by atomic mass is 10.1. The van der Waals surface area contributed by atoms with Crippen molar-refractivity contribution in [3.8, 4) is 11.3 Å². The summed E-state index contributed by atoms with van der Waals surface area (Å²) in [6.07, 6.45) is 0. The van der Waals surface area contributed by atoms with Gasteiger partial charge in [0.15, 0.2) is 5.13 Å². The zero-order chi connectivity index (χ0) is 16.2. The highest BCUT2D eigenvalue weighted by molar-refractivity contribution is 7.99. The summed E-state index contributed by atoms with van der Waals surface area (Å²) in [6, 6.07) is 6.15. The number of thiazole rings is 1. The maximum atomic E-state index is 12.1. The van der Waals surface area contributed by atoms with Crippen LogP contribution in [-0.2, 0) is 0 Å². The fourth-order valence-corrected chi connectivity index (χ4v) is 3.79. The van der Waals surface area contributed by atoms with Gasteiger partial charge in [0.2, 0.25) is 0 Å². The van der Waals surface area contributed by atoms with Crippen molar-refractivity contribution >= 4 is 39.9 Å². The molecule has 7 nitrogen and oxygen atoms in total. The molecule has 0 atom stereocenters. The minimum Gasteiger partial charge on any atom is -0.323 e. The third-order valence-corrected chi connectivity index (χ3v) is 5.07. The van der Waals surface area contributed by atoms with E-state index in [0.717, 1.165) is 24.6 Å². The van der Waals surface area contributed by atoms with E-state index in [9.17, 15) is 14.9 Å². The second-order valence-electron chi connectivity index (χ2n) is 4.87. The molecule has 0 saturated carbocycles. The molecule has 3 rings (SSSR count). The molecule has 23 heavy (non-hydrogen) atoms. The summed E-state index contributed by atoms with van der Waals surface area (Å²) in [4.78, 5) is 28.7. The number of hydrogen-bond acceptors (Lipinski definition) is 6. The van der Waals surface area contributed by atoms with Crippen molar-refractivity contribution in [2.75, 3.05) is 29.9 Å². The fourth-order valence-electron chi connectivity index (χ4n) is 2.18. The Labute approximate surface area is 140 Å². The van der Waals surface area contributed by atoms with Crippen LogP contribution in [0.2, 0.25) is 0 Å². The van der Waals surface area contributed by atoms with Crippen LogP contribution in [0.15, 0.2) is 29.6 Å². The summed E-state index contributed by atoms with van der Waals surface area (Å²) in [5.74, 6) is 1.90. The molecule has 0 radical (unpaired) electrons. The average Bonchev–Trinajstić information content (AvgIpc) is 3.04. The smallest absolute Gasteiger partial charge is 0.323 e. The molecule has 1 aliphatic heterocycles. The van der Waals surface area contributed by atoms with E-state index in [1.165, 1.54) is 23.5 Å². The quantitative estimate of drug-likeness (QED) is 0.678. The molecule has 1 N–H and O–H groups in total. The SMILES string of the molecule is O=C(Nc1nc(-c2cccc([N+](=O)[O-])c2)cs1)N1CCSCC1. The van der Waals surface area contributed by atoms with Gasteiger partial charge >= 0.3 is 6.03 Å². The molecule has 1 fully saturated rings. The number of benzene rings is 1. The highest BCUT2D eigenvalue weighted by Crippen LogP contribution is 2.27. The first-order chi connectivity index (χ1) is 11.1. The summed E-state index contributed by atoms with van der Waals surface area (Å²) in [5, 5.41) is 15.9. The van der Waals surface area contributed by atoms with Crippen molar-refractivity contribution in [3.63, 3.8) is 0 Å². The molecule has 1 aromatic carbocycles. The van der Waals surface area contributed by atoms with E-state index < -0.39 is 4.92 Å². The number of urea groups is 1. The minimum atomic E-state index is -0.438. The van der Waals surface area contributed by atoms with E-state index in [1.54, 1.807) is 22.4 Å². The molecule has 0 aliphatic carbocycles. The molecule has 120 valence electrons. The summed E-state index contributed by atoms with van der Waals surface area (Å²) in [5.41, 5.74) is 1.29. The molecule has 0 bridgehead atoms. The minimum absolute atomic E-state index is 0.0203. The van der Waals surface area contributed by atoms with Gasteiger partial charge in [-0.25, -0.2) is 9.78 Å². The van der Waals surface area contributed by atoms with Crippen molar-refractivity contribution in [1.82, 2.24) is 9.88 Å². The predicted octanol–water partition coefficient (Wildman–Crippen LogP) is 3.30. The Morgan fingerprint density at radius 3 is 2.87 bits per heavy atom. The van der Waals surface area contributed by atoms with Crippen molar-refractivity contribution in [2.45, 2.75) is 0 Å². The number of nitro benzene ring substituents is 1. The second kappa shape index (κ2) is 6.97. The number of nitro groups is 1. The number of non-ortho nitro benzene ring substituents is 1. The number of hydrogen-bond donors (Lipinski definition) is 1. The molecule has 9 heteroatoms. The van der Waals surface area contributed by atoms with Gasteiger partial charge in [-0.2, -0.15) is 11.8 Å². The van der Waals surface area contributed by atoms with Crippen LogP contribution >= 0.6 is 23.1 Å². The van der Waals surface area contributed by atoms with Gasteiger partial charge in [0.05, 0.1) is 10.6 Å². The monoisotopic (exact) mass is 350 g/mol. The van der Waals surface area contributed by atoms with E-state index in [0.29, 0.717) is 16.4 Å². The standard InChI is InChI=1S/C14H14N4O3S2/c19-14(17-4-6-22-7-5-17)16-13-15-12(9-23-13)10-2-1-3-11(8-10)18(20)21/h1-3,8-9H,4-7H2,(H,15,16,19). The van der Waals surface area contributed by atoms with E-state index in [1.807, 2.05) is 11.8 Å². The van der Waals surface area contributed by atoms with E-state index in [4.69, 9.17) is 0 Å². The van der Waals surface area contributed by atoms with Crippen molar-refractivity contribution in [2.24, 2.45) is 0 Å². The Hall–Kier alpha value is -2.13. The lowest BCUT2D eigenvalue weighted by Crippen LogP contribution is -2.40. The van der Waals surface area contributed by atoms with Crippen LogP contribution < -0.4 is 5.32 Å². The normalized spacial score (nSPS) is 14.5. The molecule has 0 spiro atoms. The maximum Gasteiger partial charge on any atom is 0.323 e. The van der Waals surface area contributed by atoms with E-state index >= 15 is 0 Å². The molecule has 0 unspecified atom stereocenters. The first-order valence-corrected chi connectivity index (χ1v) is 9.01. The Morgan fingerprint density at radius 2 is 2.13 bits per heavy atom. The van der Waals surface area contributed by atoms with Gasteiger partial charge in [0.25, 0.3) is 5.69 Å². The van der Waals surface area contributed by atoms with Gasteiger partial charge in [0, 0.05) is 47.7 Å². The Morgan fingerprint density at radius 1 is 1.35 bits per heavy atom. The number of nitrogens with zero attached hydrogens (tertiary/aromatic N) is 3. The number of nitrogens with one attached hydrogen (secondary N) is 1. The Balaban J connectivity index is 1.71. The topological polar surface area (TPSA) is 88.4 Å². The highest BCUT2D eigenvalue weighted by atomic mass is 32.2. The summed E-state index contributed by atoms with van der Waals surface area (Å²) < 4.78 is 0. The lowest BCUT2D eigenvalue weighted by molar-refractivity contribution is -0.384. The molecule has 1 aromatic heterocycles. The Bertz CT molecular complexity index is 728.